The molecular formula is C14H8Cl4KN2. The third kappa shape index (κ3) is 3.37. The van der Waals surface area contributed by atoms with Gasteiger partial charge in [0.15, 0.2) is 0 Å². The number of rotatable bonds is 1. The molecule has 2 aromatic heterocycles. The summed E-state index contributed by atoms with van der Waals surface area (Å²) in [4.78, 5) is 8.77. The Morgan fingerprint density at radius 3 is 1.95 bits per heavy atom. The van der Waals surface area contributed by atoms with Crippen molar-refractivity contribution in [2.75, 3.05) is 0 Å². The second kappa shape index (κ2) is 7.16. The zero-order valence-corrected chi connectivity index (χ0v) is 17.2. The number of nitrogens with zero attached hydrogens (tertiary/aromatic N) is 2. The maximum atomic E-state index is 6.15. The van der Waals surface area contributed by atoms with Crippen LogP contribution in [0.3, 0.4) is 0 Å². The first kappa shape index (κ1) is 18.2. The molecule has 7 heteroatoms. The van der Waals surface area contributed by atoms with Gasteiger partial charge in [-0.2, -0.15) is 0 Å². The van der Waals surface area contributed by atoms with Crippen LogP contribution < -0.4 is 0 Å². The summed E-state index contributed by atoms with van der Waals surface area (Å²) in [6, 6.07) is 7.40. The molecule has 0 aliphatic rings. The standard InChI is InChI=1S/C14H8Cl4N2.K/c15-7-10-8-3-1-5-19-12(8)13-9(4-2-6-20-13)11(10)14(16,17)18;/h1-6H,7H2;. The molecule has 21 heavy (non-hydrogen) atoms. The Balaban J connectivity index is 0.00000161. The molecule has 0 bridgehead atoms. The summed E-state index contributed by atoms with van der Waals surface area (Å²) >= 11 is 24.5. The molecule has 0 aliphatic heterocycles. The van der Waals surface area contributed by atoms with Gasteiger partial charge >= 0.3 is 0 Å². The number of fused-ring (bicyclic) bond motifs is 3. The van der Waals surface area contributed by atoms with Crippen LogP contribution in [0.4, 0.5) is 0 Å². The van der Waals surface area contributed by atoms with Crippen LogP contribution in [0.25, 0.3) is 21.8 Å². The monoisotopic (exact) mass is 383 g/mol. The Bertz CT molecular complexity index is 802. The molecule has 0 atom stereocenters. The molecule has 2 heterocycles. The molecule has 1 radical (unpaired) electrons. The zero-order chi connectivity index (χ0) is 14.3. The fourth-order valence-electron chi connectivity index (χ4n) is 2.39. The molecule has 0 aliphatic carbocycles. The second-order valence-electron chi connectivity index (χ2n) is 4.28. The minimum Gasteiger partial charge on any atom is -0.254 e. The Morgan fingerprint density at radius 1 is 0.905 bits per heavy atom. The number of aromatic nitrogens is 2. The molecule has 0 N–H and O–H groups in total. The van der Waals surface area contributed by atoms with Crippen LogP contribution in [-0.4, -0.2) is 61.4 Å². The summed E-state index contributed by atoms with van der Waals surface area (Å²) in [6.45, 7) is 0. The summed E-state index contributed by atoms with van der Waals surface area (Å²) in [5.74, 6) is 0.232. The van der Waals surface area contributed by atoms with E-state index in [-0.39, 0.29) is 57.3 Å². The Kier molecular flexibility index (Phi) is 6.20. The van der Waals surface area contributed by atoms with Gasteiger partial charge in [-0.3, -0.25) is 9.97 Å². The molecule has 3 rings (SSSR count). The second-order valence-corrected chi connectivity index (χ2v) is 6.83. The largest absolute Gasteiger partial charge is 0.254 e. The van der Waals surface area contributed by atoms with Gasteiger partial charge in [-0.05, 0) is 17.7 Å². The first-order valence-corrected chi connectivity index (χ1v) is 7.48. The predicted octanol–water partition coefficient (Wildman–Crippen LogP) is 4.97. The van der Waals surface area contributed by atoms with Gasteiger partial charge in [0, 0.05) is 86.0 Å². The van der Waals surface area contributed by atoms with Gasteiger partial charge in [-0.1, -0.05) is 46.9 Å². The van der Waals surface area contributed by atoms with E-state index in [1.165, 1.54) is 0 Å². The Morgan fingerprint density at radius 2 is 1.43 bits per heavy atom. The van der Waals surface area contributed by atoms with Crippen molar-refractivity contribution in [1.82, 2.24) is 9.97 Å². The number of alkyl halides is 4. The Labute approximate surface area is 184 Å². The van der Waals surface area contributed by atoms with E-state index in [1.807, 2.05) is 18.2 Å². The van der Waals surface area contributed by atoms with Gasteiger partial charge in [-0.25, -0.2) is 0 Å². The van der Waals surface area contributed by atoms with E-state index in [9.17, 15) is 0 Å². The van der Waals surface area contributed by atoms with Gasteiger partial charge in [0.2, 0.25) is 3.79 Å². The number of hydrogen-bond donors (Lipinski definition) is 0. The van der Waals surface area contributed by atoms with E-state index >= 15 is 0 Å². The van der Waals surface area contributed by atoms with E-state index in [1.54, 1.807) is 18.5 Å². The molecule has 1 aromatic carbocycles. The maximum Gasteiger partial charge on any atom is 0.217 e. The topological polar surface area (TPSA) is 25.8 Å². The van der Waals surface area contributed by atoms with Crippen molar-refractivity contribution in [2.45, 2.75) is 9.67 Å². The van der Waals surface area contributed by atoms with Gasteiger partial charge in [0.1, 0.15) is 0 Å². The molecule has 0 saturated heterocycles. The molecule has 3 aromatic rings. The van der Waals surface area contributed by atoms with Crippen molar-refractivity contribution in [1.29, 1.82) is 0 Å². The van der Waals surface area contributed by atoms with E-state index in [4.69, 9.17) is 46.4 Å². The van der Waals surface area contributed by atoms with Crippen molar-refractivity contribution >= 4 is 120 Å². The third-order valence-electron chi connectivity index (χ3n) is 3.15. The van der Waals surface area contributed by atoms with Gasteiger partial charge < -0.3 is 0 Å². The van der Waals surface area contributed by atoms with Crippen molar-refractivity contribution in [3.63, 3.8) is 0 Å². The van der Waals surface area contributed by atoms with Crippen LogP contribution >= 0.6 is 46.4 Å². The number of benzene rings is 1. The molecule has 0 saturated carbocycles. The van der Waals surface area contributed by atoms with Gasteiger partial charge in [0.05, 0.1) is 11.0 Å². The van der Waals surface area contributed by atoms with E-state index in [0.29, 0.717) is 11.1 Å². The van der Waals surface area contributed by atoms with E-state index < -0.39 is 3.79 Å². The van der Waals surface area contributed by atoms with Crippen molar-refractivity contribution < 1.29 is 0 Å². The fraction of sp³-hybridized carbons (Fsp3) is 0.143. The fourth-order valence-corrected chi connectivity index (χ4v) is 3.32. The van der Waals surface area contributed by atoms with Gasteiger partial charge in [0.25, 0.3) is 0 Å². The van der Waals surface area contributed by atoms with Crippen LogP contribution in [0.15, 0.2) is 36.7 Å². The molecule has 2 nitrogen and oxygen atoms in total. The van der Waals surface area contributed by atoms with Crippen LogP contribution in [-0.2, 0) is 9.67 Å². The smallest absolute Gasteiger partial charge is 0.217 e. The summed E-state index contributed by atoms with van der Waals surface area (Å²) in [5, 5.41) is 1.62. The van der Waals surface area contributed by atoms with Crippen LogP contribution in [0, 0.1) is 0 Å². The predicted molar refractivity (Wildman–Crippen MR) is 91.6 cm³/mol. The number of pyridine rings is 2. The van der Waals surface area contributed by atoms with E-state index in [0.717, 1.165) is 21.9 Å². The van der Waals surface area contributed by atoms with E-state index in [2.05, 4.69) is 9.97 Å². The molecular weight excluding hydrogens is 377 g/mol. The molecule has 0 unspecified atom stereocenters. The minimum absolute atomic E-state index is 0. The van der Waals surface area contributed by atoms with Crippen LogP contribution in [0.2, 0.25) is 0 Å². The average molecular weight is 385 g/mol. The number of hydrogen-bond acceptors (Lipinski definition) is 2. The minimum atomic E-state index is -1.57. The first-order chi connectivity index (χ1) is 9.54. The quantitative estimate of drug-likeness (QED) is 0.336. The molecule has 0 spiro atoms. The summed E-state index contributed by atoms with van der Waals surface area (Å²) in [6.07, 6.45) is 3.41. The molecule has 0 amide bonds. The summed E-state index contributed by atoms with van der Waals surface area (Å²) < 4.78 is -1.57. The van der Waals surface area contributed by atoms with Gasteiger partial charge in [-0.15, -0.1) is 11.6 Å². The summed E-state index contributed by atoms with van der Waals surface area (Å²) in [5.41, 5.74) is 2.81. The first-order valence-electron chi connectivity index (χ1n) is 5.81. The maximum absolute atomic E-state index is 6.15. The summed E-state index contributed by atoms with van der Waals surface area (Å²) in [7, 11) is 0. The third-order valence-corrected chi connectivity index (χ3v) is 3.99. The molecule has 103 valence electrons. The zero-order valence-electron chi connectivity index (χ0n) is 11.1. The Hall–Kier alpha value is 0.836. The normalized spacial score (nSPS) is 11.6. The van der Waals surface area contributed by atoms with Crippen molar-refractivity contribution in [2.24, 2.45) is 0 Å². The van der Waals surface area contributed by atoms with Crippen molar-refractivity contribution in [3.8, 4) is 0 Å². The average Bonchev–Trinajstić information content (AvgIpc) is 2.44. The molecule has 0 fully saturated rings. The van der Waals surface area contributed by atoms with Crippen LogP contribution in [0.1, 0.15) is 11.1 Å². The SMILES string of the molecule is ClCc1c(C(Cl)(Cl)Cl)c2cccnc2c2ncccc12.[K]. The van der Waals surface area contributed by atoms with Crippen LogP contribution in [0.5, 0.6) is 0 Å². The number of halogens is 4. The van der Waals surface area contributed by atoms with Crippen molar-refractivity contribution in [3.05, 3.63) is 47.8 Å².